The maximum Gasteiger partial charge on any atom is 0.0419 e. The molecule has 0 aliphatic rings. The van der Waals surface area contributed by atoms with Crippen LogP contribution in [0.4, 0.5) is 0 Å². The van der Waals surface area contributed by atoms with Crippen LogP contribution in [0.15, 0.2) is 12.3 Å². The molecule has 1 rings (SSSR count). The third-order valence-corrected chi connectivity index (χ3v) is 1.34. The molecule has 1 aromatic heterocycles. The molecule has 1 aromatic rings. The van der Waals surface area contributed by atoms with E-state index in [0.29, 0.717) is 0 Å². The topological polar surface area (TPSA) is 41.8 Å². The van der Waals surface area contributed by atoms with Gasteiger partial charge in [0.1, 0.15) is 0 Å². The summed E-state index contributed by atoms with van der Waals surface area (Å²) in [6.07, 6.45) is 1.96. The Kier molecular flexibility index (Phi) is 1.58. The molecule has 2 nitrogen and oxygen atoms in total. The predicted octanol–water partition coefficient (Wildman–Crippen LogP) is 1.34. The van der Waals surface area contributed by atoms with Crippen molar-refractivity contribution in [3.63, 3.8) is 0 Å². The lowest BCUT2D eigenvalue weighted by Gasteiger charge is -1.98. The van der Waals surface area contributed by atoms with Crippen molar-refractivity contribution in [2.75, 3.05) is 0 Å². The minimum absolute atomic E-state index is 0.124. The molecule has 1 unspecified atom stereocenters. The van der Waals surface area contributed by atoms with Crippen LogP contribution in [0.2, 0.25) is 0 Å². The Balaban J connectivity index is 2.85. The van der Waals surface area contributed by atoms with Gasteiger partial charge in [-0.05, 0) is 25.5 Å². The molecular formula is C7H12N2. The Hall–Kier alpha value is -0.760. The van der Waals surface area contributed by atoms with Crippen molar-refractivity contribution < 1.29 is 0 Å². The van der Waals surface area contributed by atoms with E-state index < -0.39 is 0 Å². The zero-order valence-electron chi connectivity index (χ0n) is 5.81. The first-order chi connectivity index (χ1) is 4.20. The highest BCUT2D eigenvalue weighted by Crippen LogP contribution is 2.07. The molecule has 0 amide bonds. The van der Waals surface area contributed by atoms with Crippen LogP contribution in [-0.4, -0.2) is 4.98 Å². The van der Waals surface area contributed by atoms with Crippen LogP contribution in [0, 0.1) is 6.92 Å². The van der Waals surface area contributed by atoms with Crippen molar-refractivity contribution in [1.29, 1.82) is 0 Å². The molecule has 0 fully saturated rings. The highest BCUT2D eigenvalue weighted by Gasteiger charge is 1.98. The molecule has 0 aliphatic carbocycles. The number of rotatable bonds is 1. The summed E-state index contributed by atoms with van der Waals surface area (Å²) in [6.45, 7) is 4.01. The molecule has 1 heterocycles. The standard InChI is InChI=1S/C7H12N2/c1-5-3-7(6(2)8)9-4-5/h3-4,6,9H,8H2,1-2H3. The zero-order chi connectivity index (χ0) is 6.85. The number of nitrogens with two attached hydrogens (primary N) is 1. The Morgan fingerprint density at radius 1 is 1.67 bits per heavy atom. The SMILES string of the molecule is Cc1c[nH]c(C(C)N)c1. The number of hydrogen-bond acceptors (Lipinski definition) is 1. The summed E-state index contributed by atoms with van der Waals surface area (Å²) in [4.78, 5) is 3.08. The first kappa shape index (κ1) is 6.36. The molecule has 0 radical (unpaired) electrons. The maximum absolute atomic E-state index is 5.60. The normalized spacial score (nSPS) is 13.7. The third kappa shape index (κ3) is 1.33. The second-order valence-corrected chi connectivity index (χ2v) is 2.42. The third-order valence-electron chi connectivity index (χ3n) is 1.34. The fraction of sp³-hybridized carbons (Fsp3) is 0.429. The fourth-order valence-corrected chi connectivity index (χ4v) is 0.789. The molecule has 0 aliphatic heterocycles. The van der Waals surface area contributed by atoms with Crippen LogP contribution in [0.25, 0.3) is 0 Å². The molecule has 1 atom stereocenters. The van der Waals surface area contributed by atoms with E-state index in [1.807, 2.05) is 20.0 Å². The lowest BCUT2D eigenvalue weighted by Crippen LogP contribution is -2.04. The number of aryl methyl sites for hydroxylation is 1. The van der Waals surface area contributed by atoms with Crippen molar-refractivity contribution in [3.8, 4) is 0 Å². The van der Waals surface area contributed by atoms with E-state index in [-0.39, 0.29) is 6.04 Å². The molecular weight excluding hydrogens is 112 g/mol. The number of aromatic nitrogens is 1. The van der Waals surface area contributed by atoms with Gasteiger partial charge in [-0.2, -0.15) is 0 Å². The van der Waals surface area contributed by atoms with E-state index in [0.717, 1.165) is 5.69 Å². The monoisotopic (exact) mass is 124 g/mol. The van der Waals surface area contributed by atoms with Gasteiger partial charge in [-0.15, -0.1) is 0 Å². The van der Waals surface area contributed by atoms with Crippen molar-refractivity contribution in [2.24, 2.45) is 5.73 Å². The Morgan fingerprint density at radius 2 is 2.33 bits per heavy atom. The van der Waals surface area contributed by atoms with Gasteiger partial charge in [0.2, 0.25) is 0 Å². The van der Waals surface area contributed by atoms with Crippen molar-refractivity contribution >= 4 is 0 Å². The van der Waals surface area contributed by atoms with Crippen LogP contribution >= 0.6 is 0 Å². The summed E-state index contributed by atoms with van der Waals surface area (Å²) >= 11 is 0. The molecule has 50 valence electrons. The summed E-state index contributed by atoms with van der Waals surface area (Å²) in [7, 11) is 0. The van der Waals surface area contributed by atoms with Gasteiger partial charge in [-0.25, -0.2) is 0 Å². The molecule has 0 saturated heterocycles. The average molecular weight is 124 g/mol. The lowest BCUT2D eigenvalue weighted by molar-refractivity contribution is 0.789. The summed E-state index contributed by atoms with van der Waals surface area (Å²) in [6, 6.07) is 2.18. The second-order valence-electron chi connectivity index (χ2n) is 2.42. The Labute approximate surface area is 55.1 Å². The summed E-state index contributed by atoms with van der Waals surface area (Å²) < 4.78 is 0. The van der Waals surface area contributed by atoms with Gasteiger partial charge in [0.15, 0.2) is 0 Å². The van der Waals surface area contributed by atoms with Crippen LogP contribution in [0.3, 0.4) is 0 Å². The number of aromatic amines is 1. The van der Waals surface area contributed by atoms with Crippen LogP contribution in [-0.2, 0) is 0 Å². The smallest absolute Gasteiger partial charge is 0.0419 e. The molecule has 3 N–H and O–H groups in total. The van der Waals surface area contributed by atoms with E-state index in [2.05, 4.69) is 11.1 Å². The molecule has 0 aromatic carbocycles. The van der Waals surface area contributed by atoms with Crippen molar-refractivity contribution in [2.45, 2.75) is 19.9 Å². The first-order valence-electron chi connectivity index (χ1n) is 3.10. The summed E-state index contributed by atoms with van der Waals surface area (Å²) in [5.74, 6) is 0. The molecule has 9 heavy (non-hydrogen) atoms. The number of H-pyrrole nitrogens is 1. The van der Waals surface area contributed by atoms with Crippen molar-refractivity contribution in [3.05, 3.63) is 23.5 Å². The van der Waals surface area contributed by atoms with Crippen LogP contribution < -0.4 is 5.73 Å². The van der Waals surface area contributed by atoms with Crippen molar-refractivity contribution in [1.82, 2.24) is 4.98 Å². The quantitative estimate of drug-likeness (QED) is 0.583. The maximum atomic E-state index is 5.60. The fourth-order valence-electron chi connectivity index (χ4n) is 0.789. The Morgan fingerprint density at radius 3 is 2.56 bits per heavy atom. The molecule has 2 heteroatoms. The van der Waals surface area contributed by atoms with Gasteiger partial charge in [0, 0.05) is 17.9 Å². The number of nitrogens with one attached hydrogen (secondary N) is 1. The van der Waals surface area contributed by atoms with Gasteiger partial charge >= 0.3 is 0 Å². The van der Waals surface area contributed by atoms with Gasteiger partial charge < -0.3 is 10.7 Å². The second kappa shape index (κ2) is 2.23. The lowest BCUT2D eigenvalue weighted by atomic mass is 10.2. The van der Waals surface area contributed by atoms with E-state index in [4.69, 9.17) is 5.73 Å². The van der Waals surface area contributed by atoms with Gasteiger partial charge in [-0.1, -0.05) is 0 Å². The minimum Gasteiger partial charge on any atom is -0.363 e. The summed E-state index contributed by atoms with van der Waals surface area (Å²) in [5, 5.41) is 0. The van der Waals surface area contributed by atoms with Gasteiger partial charge in [-0.3, -0.25) is 0 Å². The molecule has 0 spiro atoms. The average Bonchev–Trinajstić information content (AvgIpc) is 2.14. The zero-order valence-corrected chi connectivity index (χ0v) is 5.81. The minimum atomic E-state index is 0.124. The molecule has 0 bridgehead atoms. The van der Waals surface area contributed by atoms with Gasteiger partial charge in [0.05, 0.1) is 0 Å². The Bertz CT molecular complexity index is 189. The number of hydrogen-bond donors (Lipinski definition) is 2. The van der Waals surface area contributed by atoms with E-state index in [1.165, 1.54) is 5.56 Å². The first-order valence-corrected chi connectivity index (χ1v) is 3.10. The van der Waals surface area contributed by atoms with Gasteiger partial charge in [0.25, 0.3) is 0 Å². The van der Waals surface area contributed by atoms with E-state index >= 15 is 0 Å². The molecule has 0 saturated carbocycles. The highest BCUT2D eigenvalue weighted by molar-refractivity contribution is 5.16. The van der Waals surface area contributed by atoms with E-state index in [1.54, 1.807) is 0 Å². The predicted molar refractivity (Wildman–Crippen MR) is 38.1 cm³/mol. The van der Waals surface area contributed by atoms with E-state index in [9.17, 15) is 0 Å². The van der Waals surface area contributed by atoms with Crippen LogP contribution in [0.5, 0.6) is 0 Å². The summed E-state index contributed by atoms with van der Waals surface area (Å²) in [5.41, 5.74) is 7.94. The largest absolute Gasteiger partial charge is 0.363 e. The van der Waals surface area contributed by atoms with Crippen LogP contribution in [0.1, 0.15) is 24.2 Å². The highest BCUT2D eigenvalue weighted by atomic mass is 14.8.